The highest BCUT2D eigenvalue weighted by molar-refractivity contribution is 5.86. The summed E-state index contributed by atoms with van der Waals surface area (Å²) in [7, 11) is 0. The molecule has 0 fully saturated rings. The van der Waals surface area contributed by atoms with Crippen molar-refractivity contribution in [3.8, 4) is 11.1 Å². The van der Waals surface area contributed by atoms with E-state index in [9.17, 15) is 4.39 Å². The highest BCUT2D eigenvalue weighted by atomic mass is 19.1. The van der Waals surface area contributed by atoms with Crippen LogP contribution in [-0.2, 0) is 4.74 Å². The molecule has 1 aromatic carbocycles. The first-order valence-corrected chi connectivity index (χ1v) is 7.65. The Morgan fingerprint density at radius 2 is 2.12 bits per heavy atom. The van der Waals surface area contributed by atoms with Gasteiger partial charge in [-0.3, -0.25) is 0 Å². The minimum atomic E-state index is -0.393. The minimum Gasteiger partial charge on any atom is -0.497 e. The van der Waals surface area contributed by atoms with Gasteiger partial charge in [-0.25, -0.2) is 9.37 Å². The number of rotatable bonds is 2. The molecule has 0 radical (unpaired) electrons. The number of aryl methyl sites for hydroxylation is 1. The average molecular weight is 321 g/mol. The molecule has 120 valence electrons. The molecule has 5 heteroatoms. The van der Waals surface area contributed by atoms with Gasteiger partial charge in [0.1, 0.15) is 18.1 Å². The summed E-state index contributed by atoms with van der Waals surface area (Å²) in [5.74, 6) is -0.393. The number of nitrogens with zero attached hydrogens (tertiary/aromatic N) is 2. The summed E-state index contributed by atoms with van der Waals surface area (Å²) in [6.07, 6.45) is 11.3. The van der Waals surface area contributed by atoms with Gasteiger partial charge < -0.3 is 14.9 Å². The van der Waals surface area contributed by atoms with Crippen molar-refractivity contribution in [3.63, 3.8) is 0 Å². The number of halogens is 1. The van der Waals surface area contributed by atoms with Crippen LogP contribution < -0.4 is 5.73 Å². The number of ether oxygens (including phenoxy) is 1. The molecule has 0 aliphatic carbocycles. The van der Waals surface area contributed by atoms with Crippen LogP contribution in [-0.4, -0.2) is 16.0 Å². The van der Waals surface area contributed by atoms with Crippen LogP contribution in [0, 0.1) is 12.7 Å². The Morgan fingerprint density at radius 3 is 2.92 bits per heavy atom. The molecule has 0 saturated carbocycles. The van der Waals surface area contributed by atoms with Crippen LogP contribution in [0.15, 0.2) is 55.2 Å². The standard InChI is InChI=1S/C19H16FN3O/c1-12-8-17(20)18(21)10-15(12)14-9-16(13-2-6-24-7-3-13)19-22-4-5-23(19)11-14/h2-6,8-11H,7,21H2,1H3. The fourth-order valence-corrected chi connectivity index (χ4v) is 2.98. The summed E-state index contributed by atoms with van der Waals surface area (Å²) >= 11 is 0. The van der Waals surface area contributed by atoms with Crippen molar-refractivity contribution in [2.45, 2.75) is 6.92 Å². The maximum atomic E-state index is 13.7. The Hall–Kier alpha value is -3.08. The van der Waals surface area contributed by atoms with Crippen LogP contribution in [0.2, 0.25) is 0 Å². The Balaban J connectivity index is 1.96. The molecule has 1 aliphatic rings. The molecule has 0 spiro atoms. The van der Waals surface area contributed by atoms with Gasteiger partial charge >= 0.3 is 0 Å². The van der Waals surface area contributed by atoms with Crippen LogP contribution in [0.5, 0.6) is 0 Å². The first-order valence-electron chi connectivity index (χ1n) is 7.65. The Morgan fingerprint density at radius 1 is 1.25 bits per heavy atom. The van der Waals surface area contributed by atoms with Crippen LogP contribution in [0.4, 0.5) is 10.1 Å². The van der Waals surface area contributed by atoms with Gasteiger partial charge in [-0.2, -0.15) is 0 Å². The van der Waals surface area contributed by atoms with E-state index in [2.05, 4.69) is 11.1 Å². The molecular weight excluding hydrogens is 305 g/mol. The summed E-state index contributed by atoms with van der Waals surface area (Å²) in [6.45, 7) is 2.41. The van der Waals surface area contributed by atoms with Gasteiger partial charge in [0.15, 0.2) is 0 Å². The van der Waals surface area contributed by atoms with Crippen LogP contribution >= 0.6 is 0 Å². The van der Waals surface area contributed by atoms with E-state index in [1.165, 1.54) is 6.07 Å². The van der Waals surface area contributed by atoms with Crippen LogP contribution in [0.1, 0.15) is 11.1 Å². The summed E-state index contributed by atoms with van der Waals surface area (Å²) < 4.78 is 20.9. The van der Waals surface area contributed by atoms with E-state index >= 15 is 0 Å². The second-order valence-corrected chi connectivity index (χ2v) is 5.78. The lowest BCUT2D eigenvalue weighted by molar-refractivity contribution is 0.287. The number of imidazole rings is 1. The first kappa shape index (κ1) is 14.5. The SMILES string of the molecule is Cc1cc(F)c(N)cc1-c1cc(C2=CCOC=C2)c2nccn2c1. The zero-order chi connectivity index (χ0) is 16.7. The fourth-order valence-electron chi connectivity index (χ4n) is 2.98. The second kappa shape index (κ2) is 5.53. The number of anilines is 1. The number of fused-ring (bicyclic) bond motifs is 1. The summed E-state index contributed by atoms with van der Waals surface area (Å²) in [5.41, 5.74) is 11.5. The summed E-state index contributed by atoms with van der Waals surface area (Å²) in [5, 5.41) is 0. The molecule has 1 aliphatic heterocycles. The van der Waals surface area contributed by atoms with Crippen molar-refractivity contribution in [3.05, 3.63) is 72.1 Å². The fraction of sp³-hybridized carbons (Fsp3) is 0.105. The predicted molar refractivity (Wildman–Crippen MR) is 92.8 cm³/mol. The molecule has 0 amide bonds. The molecule has 24 heavy (non-hydrogen) atoms. The smallest absolute Gasteiger partial charge is 0.146 e. The predicted octanol–water partition coefficient (Wildman–Crippen LogP) is 3.96. The molecule has 2 N–H and O–H groups in total. The molecule has 0 atom stereocenters. The zero-order valence-corrected chi connectivity index (χ0v) is 13.2. The lowest BCUT2D eigenvalue weighted by atomic mass is 9.97. The van der Waals surface area contributed by atoms with Crippen molar-refractivity contribution in [1.82, 2.24) is 9.38 Å². The zero-order valence-electron chi connectivity index (χ0n) is 13.2. The number of hydrogen-bond acceptors (Lipinski definition) is 3. The first-order chi connectivity index (χ1) is 11.6. The molecule has 4 rings (SSSR count). The third-order valence-corrected chi connectivity index (χ3v) is 4.20. The molecule has 0 bridgehead atoms. The van der Waals surface area contributed by atoms with E-state index in [1.807, 2.05) is 35.9 Å². The number of hydrogen-bond donors (Lipinski definition) is 1. The van der Waals surface area contributed by atoms with Crippen LogP contribution in [0.3, 0.4) is 0 Å². The monoisotopic (exact) mass is 321 g/mol. The quantitative estimate of drug-likeness (QED) is 0.727. The molecule has 0 unspecified atom stereocenters. The largest absolute Gasteiger partial charge is 0.497 e. The maximum Gasteiger partial charge on any atom is 0.146 e. The Kier molecular flexibility index (Phi) is 3.34. The van der Waals surface area contributed by atoms with E-state index in [0.717, 1.165) is 33.5 Å². The third-order valence-electron chi connectivity index (χ3n) is 4.20. The van der Waals surface area contributed by atoms with Crippen molar-refractivity contribution in [2.75, 3.05) is 12.3 Å². The van der Waals surface area contributed by atoms with Crippen LogP contribution in [0.25, 0.3) is 22.3 Å². The van der Waals surface area contributed by atoms with Crippen molar-refractivity contribution in [1.29, 1.82) is 0 Å². The molecule has 0 saturated heterocycles. The minimum absolute atomic E-state index is 0.146. The van der Waals surface area contributed by atoms with Gasteiger partial charge in [0.05, 0.1) is 11.9 Å². The molecule has 2 aromatic heterocycles. The van der Waals surface area contributed by atoms with Crippen molar-refractivity contribution >= 4 is 16.9 Å². The number of allylic oxidation sites excluding steroid dienone is 2. The van der Waals surface area contributed by atoms with Gasteiger partial charge in [-0.15, -0.1) is 0 Å². The average Bonchev–Trinajstić information content (AvgIpc) is 3.06. The highest BCUT2D eigenvalue weighted by Gasteiger charge is 2.13. The van der Waals surface area contributed by atoms with E-state index in [-0.39, 0.29) is 5.69 Å². The Labute approximate surface area is 138 Å². The number of benzene rings is 1. The second-order valence-electron chi connectivity index (χ2n) is 5.78. The third kappa shape index (κ3) is 2.34. The van der Waals surface area contributed by atoms with E-state index in [0.29, 0.717) is 6.61 Å². The molecule has 4 nitrogen and oxygen atoms in total. The number of aromatic nitrogens is 2. The molecule has 3 heterocycles. The normalized spacial score (nSPS) is 13.8. The highest BCUT2D eigenvalue weighted by Crippen LogP contribution is 2.32. The van der Waals surface area contributed by atoms with E-state index < -0.39 is 5.82 Å². The van der Waals surface area contributed by atoms with E-state index in [4.69, 9.17) is 10.5 Å². The van der Waals surface area contributed by atoms with Gasteiger partial charge in [-0.05, 0) is 59.5 Å². The topological polar surface area (TPSA) is 52.5 Å². The molecule has 3 aromatic rings. The van der Waals surface area contributed by atoms with Gasteiger partial charge in [-0.1, -0.05) is 0 Å². The lowest BCUT2D eigenvalue weighted by Gasteiger charge is -2.14. The van der Waals surface area contributed by atoms with E-state index in [1.54, 1.807) is 18.5 Å². The molecular formula is C19H16FN3O. The van der Waals surface area contributed by atoms with Gasteiger partial charge in [0.2, 0.25) is 0 Å². The Bertz CT molecular complexity index is 1000. The van der Waals surface area contributed by atoms with Crippen molar-refractivity contribution < 1.29 is 9.13 Å². The van der Waals surface area contributed by atoms with Gasteiger partial charge in [0.25, 0.3) is 0 Å². The van der Waals surface area contributed by atoms with Gasteiger partial charge in [0, 0.05) is 24.2 Å². The lowest BCUT2D eigenvalue weighted by Crippen LogP contribution is -1.99. The number of nitrogens with two attached hydrogens (primary N) is 1. The number of nitrogen functional groups attached to an aromatic ring is 1. The maximum absolute atomic E-state index is 13.7. The summed E-state index contributed by atoms with van der Waals surface area (Å²) in [4.78, 5) is 4.45. The number of pyridine rings is 1. The van der Waals surface area contributed by atoms with Crippen molar-refractivity contribution in [2.24, 2.45) is 0 Å². The summed E-state index contributed by atoms with van der Waals surface area (Å²) in [6, 6.07) is 5.21.